The minimum absolute atomic E-state index is 0. The number of piperidine rings is 1. The lowest BCUT2D eigenvalue weighted by molar-refractivity contribution is -0.145. The maximum Gasteiger partial charge on any atom is 0.227 e. The van der Waals surface area contributed by atoms with Crippen LogP contribution in [0.25, 0.3) is 0 Å². The first-order valence-electron chi connectivity index (χ1n) is 7.76. The van der Waals surface area contributed by atoms with Gasteiger partial charge in [-0.25, -0.2) is 0 Å². The van der Waals surface area contributed by atoms with E-state index in [0.717, 1.165) is 12.1 Å². The molecule has 2 unspecified atom stereocenters. The Kier molecular flexibility index (Phi) is 7.52. The highest BCUT2D eigenvalue weighted by Gasteiger charge is 2.39. The summed E-state index contributed by atoms with van der Waals surface area (Å²) >= 11 is 0. The smallest absolute Gasteiger partial charge is 0.227 e. The zero-order valence-electron chi connectivity index (χ0n) is 14.0. The van der Waals surface area contributed by atoms with Crippen LogP contribution < -0.4 is 5.32 Å². The number of amides is 2. The standard InChI is InChI=1S/C17H25N3O2.ClH/c1-18-11-12-19(2)17(22)14-9-10-15(21)20(3)16(14)13-7-5-4-6-8-13;/h4-8,14,16,18H,9-12H2,1-3H3;1H. The molecule has 0 saturated carbocycles. The summed E-state index contributed by atoms with van der Waals surface area (Å²) in [5.74, 6) is 0.0474. The van der Waals surface area contributed by atoms with Gasteiger partial charge in [0, 0.05) is 33.6 Å². The number of benzene rings is 1. The van der Waals surface area contributed by atoms with E-state index in [0.29, 0.717) is 19.4 Å². The van der Waals surface area contributed by atoms with E-state index in [2.05, 4.69) is 5.32 Å². The number of carbonyl (C=O) groups is 2. The van der Waals surface area contributed by atoms with Gasteiger partial charge in [-0.1, -0.05) is 30.3 Å². The summed E-state index contributed by atoms with van der Waals surface area (Å²) in [7, 11) is 5.50. The predicted molar refractivity (Wildman–Crippen MR) is 93.5 cm³/mol. The largest absolute Gasteiger partial charge is 0.344 e. The molecular weight excluding hydrogens is 314 g/mol. The summed E-state index contributed by atoms with van der Waals surface area (Å²) in [5, 5.41) is 3.06. The topological polar surface area (TPSA) is 52.7 Å². The van der Waals surface area contributed by atoms with E-state index in [-0.39, 0.29) is 36.2 Å². The third-order valence-corrected chi connectivity index (χ3v) is 4.39. The van der Waals surface area contributed by atoms with Crippen LogP contribution in [0.4, 0.5) is 0 Å². The first-order chi connectivity index (χ1) is 10.6. The molecule has 1 aliphatic heterocycles. The number of hydrogen-bond acceptors (Lipinski definition) is 3. The Hall–Kier alpha value is -1.59. The molecular formula is C17H26ClN3O2. The van der Waals surface area contributed by atoms with E-state index in [1.165, 1.54) is 0 Å². The van der Waals surface area contributed by atoms with Crippen LogP contribution in [-0.4, -0.2) is 55.8 Å². The Labute approximate surface area is 144 Å². The van der Waals surface area contributed by atoms with Gasteiger partial charge in [0.1, 0.15) is 0 Å². The van der Waals surface area contributed by atoms with E-state index >= 15 is 0 Å². The van der Waals surface area contributed by atoms with Gasteiger partial charge in [-0.2, -0.15) is 0 Å². The van der Waals surface area contributed by atoms with Crippen molar-refractivity contribution in [2.75, 3.05) is 34.2 Å². The zero-order valence-corrected chi connectivity index (χ0v) is 14.8. The Morgan fingerprint density at radius 3 is 2.61 bits per heavy atom. The van der Waals surface area contributed by atoms with Crippen LogP contribution in [0.15, 0.2) is 30.3 Å². The van der Waals surface area contributed by atoms with Crippen LogP contribution in [-0.2, 0) is 9.59 Å². The van der Waals surface area contributed by atoms with E-state index in [1.54, 1.807) is 16.8 Å². The van der Waals surface area contributed by atoms with Gasteiger partial charge in [0.2, 0.25) is 11.8 Å². The van der Waals surface area contributed by atoms with Gasteiger partial charge in [-0.05, 0) is 19.0 Å². The molecule has 2 rings (SSSR count). The van der Waals surface area contributed by atoms with Crippen LogP contribution in [0.5, 0.6) is 0 Å². The van der Waals surface area contributed by atoms with E-state index < -0.39 is 0 Å². The number of likely N-dealkylation sites (tertiary alicyclic amines) is 1. The first-order valence-corrected chi connectivity index (χ1v) is 7.76. The van der Waals surface area contributed by atoms with E-state index in [4.69, 9.17) is 0 Å². The van der Waals surface area contributed by atoms with Gasteiger partial charge in [-0.15, -0.1) is 12.4 Å². The molecule has 1 heterocycles. The Balaban J connectivity index is 0.00000264. The molecule has 0 bridgehead atoms. The van der Waals surface area contributed by atoms with Gasteiger partial charge >= 0.3 is 0 Å². The van der Waals surface area contributed by atoms with Gasteiger partial charge < -0.3 is 15.1 Å². The van der Waals surface area contributed by atoms with Gasteiger partial charge in [0.05, 0.1) is 12.0 Å². The average molecular weight is 340 g/mol. The molecule has 128 valence electrons. The molecule has 1 aromatic rings. The number of nitrogens with zero attached hydrogens (tertiary/aromatic N) is 2. The van der Waals surface area contributed by atoms with E-state index in [9.17, 15) is 9.59 Å². The van der Waals surface area contributed by atoms with Crippen LogP contribution in [0.1, 0.15) is 24.4 Å². The highest BCUT2D eigenvalue weighted by molar-refractivity contribution is 5.85. The molecule has 0 spiro atoms. The molecule has 2 atom stereocenters. The lowest BCUT2D eigenvalue weighted by Crippen LogP contribution is -2.47. The van der Waals surface area contributed by atoms with Crippen molar-refractivity contribution in [3.8, 4) is 0 Å². The fourth-order valence-corrected chi connectivity index (χ4v) is 3.08. The SMILES string of the molecule is CNCCN(C)C(=O)C1CCC(=O)N(C)C1c1ccccc1.Cl. The monoisotopic (exact) mass is 339 g/mol. The molecule has 1 fully saturated rings. The van der Waals surface area contributed by atoms with Crippen LogP contribution in [0.2, 0.25) is 0 Å². The Morgan fingerprint density at radius 2 is 2.00 bits per heavy atom. The molecule has 23 heavy (non-hydrogen) atoms. The molecule has 1 aromatic carbocycles. The second-order valence-corrected chi connectivity index (χ2v) is 5.87. The number of carbonyl (C=O) groups excluding carboxylic acids is 2. The third-order valence-electron chi connectivity index (χ3n) is 4.39. The van der Waals surface area contributed by atoms with Crippen molar-refractivity contribution in [2.24, 2.45) is 5.92 Å². The quantitative estimate of drug-likeness (QED) is 0.888. The second kappa shape index (κ2) is 8.89. The summed E-state index contributed by atoms with van der Waals surface area (Å²) in [5.41, 5.74) is 1.03. The van der Waals surface area contributed by atoms with Crippen LogP contribution in [0, 0.1) is 5.92 Å². The molecule has 1 aliphatic rings. The highest BCUT2D eigenvalue weighted by atomic mass is 35.5. The fraction of sp³-hybridized carbons (Fsp3) is 0.529. The average Bonchev–Trinajstić information content (AvgIpc) is 2.55. The number of halogens is 1. The molecule has 6 heteroatoms. The van der Waals surface area contributed by atoms with Gasteiger partial charge in [0.25, 0.3) is 0 Å². The van der Waals surface area contributed by atoms with Crippen molar-refractivity contribution in [2.45, 2.75) is 18.9 Å². The fourth-order valence-electron chi connectivity index (χ4n) is 3.08. The lowest BCUT2D eigenvalue weighted by atomic mass is 9.83. The predicted octanol–water partition coefficient (Wildman–Crippen LogP) is 1.70. The van der Waals surface area contributed by atoms with Crippen LogP contribution in [0.3, 0.4) is 0 Å². The van der Waals surface area contributed by atoms with Crippen LogP contribution >= 0.6 is 12.4 Å². The second-order valence-electron chi connectivity index (χ2n) is 5.87. The van der Waals surface area contributed by atoms with Crippen molar-refractivity contribution in [3.63, 3.8) is 0 Å². The molecule has 0 aromatic heterocycles. The summed E-state index contributed by atoms with van der Waals surface area (Å²) in [4.78, 5) is 28.4. The third kappa shape index (κ3) is 4.45. The Bertz CT molecular complexity index is 524. The maximum absolute atomic E-state index is 12.8. The summed E-state index contributed by atoms with van der Waals surface area (Å²) in [6.45, 7) is 1.44. The number of rotatable bonds is 5. The highest BCUT2D eigenvalue weighted by Crippen LogP contribution is 2.36. The molecule has 0 radical (unpaired) electrons. The molecule has 1 saturated heterocycles. The minimum atomic E-state index is -0.174. The van der Waals surface area contributed by atoms with Crippen molar-refractivity contribution in [1.82, 2.24) is 15.1 Å². The lowest BCUT2D eigenvalue weighted by Gasteiger charge is -2.40. The molecule has 1 N–H and O–H groups in total. The zero-order chi connectivity index (χ0) is 16.1. The number of hydrogen-bond donors (Lipinski definition) is 1. The Morgan fingerprint density at radius 1 is 1.35 bits per heavy atom. The number of likely N-dealkylation sites (N-methyl/N-ethyl adjacent to an activating group) is 2. The van der Waals surface area contributed by atoms with Crippen molar-refractivity contribution in [3.05, 3.63) is 35.9 Å². The van der Waals surface area contributed by atoms with E-state index in [1.807, 2.05) is 44.4 Å². The maximum atomic E-state index is 12.8. The van der Waals surface area contributed by atoms with Crippen molar-refractivity contribution >= 4 is 24.2 Å². The first kappa shape index (κ1) is 19.5. The summed E-state index contributed by atoms with van der Waals surface area (Å²) < 4.78 is 0. The normalized spacial score (nSPS) is 20.8. The number of nitrogens with one attached hydrogen (secondary N) is 1. The minimum Gasteiger partial charge on any atom is -0.344 e. The summed E-state index contributed by atoms with van der Waals surface area (Å²) in [6, 6.07) is 9.67. The molecule has 0 aliphatic carbocycles. The molecule has 5 nitrogen and oxygen atoms in total. The van der Waals surface area contributed by atoms with Crippen molar-refractivity contribution in [1.29, 1.82) is 0 Å². The molecule has 2 amide bonds. The van der Waals surface area contributed by atoms with Crippen molar-refractivity contribution < 1.29 is 9.59 Å². The van der Waals surface area contributed by atoms with Gasteiger partial charge in [0.15, 0.2) is 0 Å². The van der Waals surface area contributed by atoms with Gasteiger partial charge in [-0.3, -0.25) is 9.59 Å². The summed E-state index contributed by atoms with van der Waals surface area (Å²) in [6.07, 6.45) is 1.06.